The van der Waals surface area contributed by atoms with Crippen molar-refractivity contribution in [2.75, 3.05) is 13.1 Å². The molecule has 2 aliphatic rings. The summed E-state index contributed by atoms with van der Waals surface area (Å²) in [4.78, 5) is 39.6. The van der Waals surface area contributed by atoms with Gasteiger partial charge < -0.3 is 14.7 Å². The Kier molecular flexibility index (Phi) is 5.38. The fourth-order valence-corrected chi connectivity index (χ4v) is 3.99. The number of hydrogen-bond acceptors (Lipinski definition) is 7. The van der Waals surface area contributed by atoms with E-state index in [1.807, 2.05) is 18.2 Å². The second-order valence-electron chi connectivity index (χ2n) is 7.32. The van der Waals surface area contributed by atoms with E-state index in [1.54, 1.807) is 33.6 Å². The number of aryl methyl sites for hydroxylation is 1. The Labute approximate surface area is 176 Å². The molecule has 12 heteroatoms. The highest BCUT2D eigenvalue weighted by atomic mass is 16.5. The number of aromatic nitrogens is 6. The standard InChI is InChI=1S/C18H19N7O3.CH2O2/c1-22-17(27)24-10-18(28-8-15(24)21-22)6-7-23(9-18)16(26)13-4-2-3-5-14(13)25-12-19-11-20-25;2-1-3/h2-5,11-12H,6-10H2,1H3;1H,(H,2,3). The second kappa shape index (κ2) is 8.14. The Morgan fingerprint density at radius 2 is 2.06 bits per heavy atom. The average molecular weight is 427 g/mol. The maximum atomic E-state index is 13.2. The fourth-order valence-electron chi connectivity index (χ4n) is 3.99. The third-order valence-electron chi connectivity index (χ3n) is 5.44. The second-order valence-corrected chi connectivity index (χ2v) is 7.32. The molecule has 1 amide bonds. The zero-order valence-electron chi connectivity index (χ0n) is 16.8. The van der Waals surface area contributed by atoms with Crippen molar-refractivity contribution in [1.29, 1.82) is 0 Å². The van der Waals surface area contributed by atoms with Gasteiger partial charge in [0.2, 0.25) is 0 Å². The van der Waals surface area contributed by atoms with Crippen molar-refractivity contribution in [2.24, 2.45) is 7.05 Å². The zero-order valence-corrected chi connectivity index (χ0v) is 16.8. The molecular weight excluding hydrogens is 406 g/mol. The largest absolute Gasteiger partial charge is 0.483 e. The van der Waals surface area contributed by atoms with Gasteiger partial charge in [0.05, 0.1) is 24.3 Å². The van der Waals surface area contributed by atoms with Crippen LogP contribution in [-0.2, 0) is 29.7 Å². The highest BCUT2D eigenvalue weighted by Gasteiger charge is 2.45. The van der Waals surface area contributed by atoms with Crippen LogP contribution >= 0.6 is 0 Å². The van der Waals surface area contributed by atoms with Crippen LogP contribution in [0.5, 0.6) is 0 Å². The lowest BCUT2D eigenvalue weighted by Gasteiger charge is -2.33. The Hall–Kier alpha value is -3.80. The number of ether oxygens (including phenoxy) is 1. The maximum Gasteiger partial charge on any atom is 0.345 e. The van der Waals surface area contributed by atoms with Gasteiger partial charge in [-0.2, -0.15) is 10.2 Å². The van der Waals surface area contributed by atoms with Gasteiger partial charge in [-0.05, 0) is 18.6 Å². The molecule has 162 valence electrons. The van der Waals surface area contributed by atoms with Gasteiger partial charge >= 0.3 is 5.69 Å². The van der Waals surface area contributed by atoms with Crippen LogP contribution in [0.2, 0.25) is 0 Å². The highest BCUT2D eigenvalue weighted by Crippen LogP contribution is 2.32. The number of benzene rings is 1. The first-order chi connectivity index (χ1) is 15.0. The number of rotatable bonds is 2. The van der Waals surface area contributed by atoms with E-state index in [1.165, 1.54) is 11.0 Å². The first kappa shape index (κ1) is 20.5. The molecule has 1 saturated heterocycles. The van der Waals surface area contributed by atoms with Crippen molar-refractivity contribution in [2.45, 2.75) is 25.2 Å². The minimum atomic E-state index is -0.558. The van der Waals surface area contributed by atoms with Crippen LogP contribution in [0.25, 0.3) is 5.69 Å². The maximum absolute atomic E-state index is 13.2. The Morgan fingerprint density at radius 3 is 2.81 bits per heavy atom. The number of para-hydroxylation sites is 1. The summed E-state index contributed by atoms with van der Waals surface area (Å²) < 4.78 is 10.6. The molecule has 0 radical (unpaired) electrons. The number of amides is 1. The van der Waals surface area contributed by atoms with Crippen molar-refractivity contribution >= 4 is 12.4 Å². The Bertz CT molecular complexity index is 1150. The molecule has 2 aliphatic heterocycles. The molecule has 0 aliphatic carbocycles. The quantitative estimate of drug-likeness (QED) is 0.549. The highest BCUT2D eigenvalue weighted by molar-refractivity contribution is 5.98. The van der Waals surface area contributed by atoms with Gasteiger partial charge in [0.25, 0.3) is 12.4 Å². The fraction of sp³-hybridized carbons (Fsp3) is 0.368. The molecule has 5 rings (SSSR count). The molecule has 1 atom stereocenters. The van der Waals surface area contributed by atoms with Gasteiger partial charge in [0.1, 0.15) is 24.9 Å². The van der Waals surface area contributed by atoms with E-state index in [4.69, 9.17) is 14.6 Å². The predicted octanol–water partition coefficient (Wildman–Crippen LogP) is -0.322. The lowest BCUT2D eigenvalue weighted by molar-refractivity contribution is -0.122. The van der Waals surface area contributed by atoms with E-state index < -0.39 is 5.60 Å². The summed E-state index contributed by atoms with van der Waals surface area (Å²) in [7, 11) is 1.63. The third-order valence-corrected chi connectivity index (χ3v) is 5.44. The van der Waals surface area contributed by atoms with Gasteiger partial charge in [0, 0.05) is 13.6 Å². The van der Waals surface area contributed by atoms with Crippen molar-refractivity contribution in [3.8, 4) is 5.69 Å². The smallest absolute Gasteiger partial charge is 0.345 e. The lowest BCUT2D eigenvalue weighted by atomic mass is 10.0. The molecule has 12 nitrogen and oxygen atoms in total. The van der Waals surface area contributed by atoms with E-state index >= 15 is 0 Å². The van der Waals surface area contributed by atoms with Crippen LogP contribution in [0.1, 0.15) is 22.6 Å². The molecule has 3 aromatic rings. The van der Waals surface area contributed by atoms with Crippen molar-refractivity contribution < 1.29 is 19.4 Å². The van der Waals surface area contributed by atoms with Crippen LogP contribution in [0.15, 0.2) is 41.7 Å². The molecule has 1 spiro atoms. The summed E-state index contributed by atoms with van der Waals surface area (Å²) in [5.74, 6) is 0.537. The SMILES string of the molecule is Cn1nc2n(c1=O)CC1(CCN(C(=O)c3ccccc3-n3cncn3)C1)OC2.O=CO. The molecule has 1 aromatic carbocycles. The zero-order chi connectivity index (χ0) is 22.0. The van der Waals surface area contributed by atoms with Crippen LogP contribution in [0.4, 0.5) is 0 Å². The number of fused-ring (bicyclic) bond motifs is 1. The Balaban J connectivity index is 0.000000730. The van der Waals surface area contributed by atoms with Crippen molar-refractivity contribution in [3.63, 3.8) is 0 Å². The van der Waals surface area contributed by atoms with Gasteiger partial charge in [-0.25, -0.2) is 19.1 Å². The molecule has 4 heterocycles. The van der Waals surface area contributed by atoms with Crippen LogP contribution in [-0.4, -0.2) is 70.2 Å². The predicted molar refractivity (Wildman–Crippen MR) is 106 cm³/mol. The van der Waals surface area contributed by atoms with E-state index in [0.717, 1.165) is 0 Å². The van der Waals surface area contributed by atoms with E-state index in [2.05, 4.69) is 15.2 Å². The monoisotopic (exact) mass is 427 g/mol. The number of likely N-dealkylation sites (tertiary alicyclic amines) is 1. The molecule has 2 aromatic heterocycles. The molecular formula is C19H21N7O5. The molecule has 31 heavy (non-hydrogen) atoms. The first-order valence-corrected chi connectivity index (χ1v) is 9.56. The van der Waals surface area contributed by atoms with Crippen LogP contribution in [0.3, 0.4) is 0 Å². The van der Waals surface area contributed by atoms with E-state index in [-0.39, 0.29) is 24.7 Å². The van der Waals surface area contributed by atoms with Crippen molar-refractivity contribution in [1.82, 2.24) is 34.0 Å². The summed E-state index contributed by atoms with van der Waals surface area (Å²) in [5.41, 5.74) is 0.526. The van der Waals surface area contributed by atoms with Gasteiger partial charge in [-0.15, -0.1) is 0 Å². The number of hydrogen-bond donors (Lipinski definition) is 1. The normalized spacial score (nSPS) is 19.6. The van der Waals surface area contributed by atoms with E-state index in [9.17, 15) is 9.59 Å². The van der Waals surface area contributed by atoms with Gasteiger partial charge in [-0.3, -0.25) is 14.2 Å². The molecule has 1 fully saturated rings. The molecule has 0 saturated carbocycles. The Morgan fingerprint density at radius 1 is 1.29 bits per heavy atom. The number of carboxylic acid groups (broad SMARTS) is 1. The van der Waals surface area contributed by atoms with E-state index in [0.29, 0.717) is 43.1 Å². The topological polar surface area (TPSA) is 137 Å². The minimum Gasteiger partial charge on any atom is -0.483 e. The number of carbonyl (C=O) groups excluding carboxylic acids is 1. The molecule has 0 bridgehead atoms. The number of nitrogens with zero attached hydrogens (tertiary/aromatic N) is 7. The lowest BCUT2D eigenvalue weighted by Crippen LogP contribution is -2.47. The van der Waals surface area contributed by atoms with Gasteiger partial charge in [0.15, 0.2) is 5.82 Å². The summed E-state index contributed by atoms with van der Waals surface area (Å²) in [6, 6.07) is 7.32. The third kappa shape index (κ3) is 3.72. The minimum absolute atomic E-state index is 0.0871. The summed E-state index contributed by atoms with van der Waals surface area (Å²) in [5, 5.41) is 15.2. The first-order valence-electron chi connectivity index (χ1n) is 9.56. The van der Waals surface area contributed by atoms with Crippen molar-refractivity contribution in [3.05, 3.63) is 58.8 Å². The summed E-state index contributed by atoms with van der Waals surface area (Å²) in [6.07, 6.45) is 3.67. The van der Waals surface area contributed by atoms with Crippen LogP contribution in [0, 0.1) is 0 Å². The van der Waals surface area contributed by atoms with Crippen LogP contribution < -0.4 is 5.69 Å². The van der Waals surface area contributed by atoms with Gasteiger partial charge in [-0.1, -0.05) is 12.1 Å². The molecule has 1 unspecified atom stereocenters. The molecule has 1 N–H and O–H groups in total. The summed E-state index contributed by atoms with van der Waals surface area (Å²) in [6.45, 7) is 1.42. The summed E-state index contributed by atoms with van der Waals surface area (Å²) >= 11 is 0. The number of carbonyl (C=O) groups is 2. The average Bonchev–Trinajstić information content (AvgIpc) is 3.50.